The summed E-state index contributed by atoms with van der Waals surface area (Å²) in [5, 5.41) is 3.94. The summed E-state index contributed by atoms with van der Waals surface area (Å²) in [6.07, 6.45) is 5.57. The van der Waals surface area contributed by atoms with Crippen LogP contribution < -0.4 is 5.73 Å². The van der Waals surface area contributed by atoms with Crippen molar-refractivity contribution in [3.63, 3.8) is 0 Å². The molecule has 70 valence electrons. The molecule has 0 aromatic carbocycles. The van der Waals surface area contributed by atoms with Gasteiger partial charge in [0.25, 0.3) is 0 Å². The lowest BCUT2D eigenvalue weighted by molar-refractivity contribution is 0.343. The molecule has 1 aromatic heterocycles. The van der Waals surface area contributed by atoms with Crippen LogP contribution >= 0.6 is 0 Å². The minimum absolute atomic E-state index is 0.269. The van der Waals surface area contributed by atoms with E-state index in [4.69, 9.17) is 10.3 Å². The van der Waals surface area contributed by atoms with E-state index < -0.39 is 0 Å². The Balaban J connectivity index is 1.76. The molecule has 4 nitrogen and oxygen atoms in total. The average molecular weight is 179 g/mol. The first-order valence-corrected chi connectivity index (χ1v) is 4.88. The highest BCUT2D eigenvalue weighted by Crippen LogP contribution is 2.42. The van der Waals surface area contributed by atoms with Crippen LogP contribution in [0.2, 0.25) is 0 Å². The van der Waals surface area contributed by atoms with E-state index in [1.54, 1.807) is 0 Å². The van der Waals surface area contributed by atoms with Gasteiger partial charge >= 0.3 is 0 Å². The molecule has 4 heteroatoms. The molecular formula is C9H13N3O. The van der Waals surface area contributed by atoms with Crippen molar-refractivity contribution in [1.82, 2.24) is 10.1 Å². The highest BCUT2D eigenvalue weighted by molar-refractivity contribution is 5.11. The summed E-state index contributed by atoms with van der Waals surface area (Å²) in [6, 6.07) is 0. The predicted molar refractivity (Wildman–Crippen MR) is 45.8 cm³/mol. The van der Waals surface area contributed by atoms with Crippen LogP contribution in [-0.4, -0.2) is 10.1 Å². The maximum absolute atomic E-state index is 5.93. The van der Waals surface area contributed by atoms with Gasteiger partial charge in [-0.05, 0) is 31.6 Å². The Hall–Kier alpha value is -0.900. The Labute approximate surface area is 76.5 Å². The average Bonchev–Trinajstić information content (AvgIpc) is 2.97. The van der Waals surface area contributed by atoms with Gasteiger partial charge in [0, 0.05) is 6.42 Å². The van der Waals surface area contributed by atoms with Gasteiger partial charge in [-0.2, -0.15) is 4.98 Å². The molecule has 2 N–H and O–H groups in total. The molecule has 0 aliphatic heterocycles. The number of aromatic nitrogens is 2. The van der Waals surface area contributed by atoms with Crippen molar-refractivity contribution in [3.8, 4) is 0 Å². The third-order valence-corrected chi connectivity index (χ3v) is 2.85. The zero-order valence-electron chi connectivity index (χ0n) is 7.49. The summed E-state index contributed by atoms with van der Waals surface area (Å²) in [7, 11) is 0. The Bertz CT molecular complexity index is 325. The molecular weight excluding hydrogens is 166 g/mol. The molecule has 0 bridgehead atoms. The monoisotopic (exact) mass is 179 g/mol. The first kappa shape index (κ1) is 7.50. The number of nitrogens with two attached hydrogens (primary N) is 1. The van der Waals surface area contributed by atoms with E-state index in [0.29, 0.717) is 5.89 Å². The SMILES string of the molecule is NC1(c2nc(CC3CC3)no2)CC1. The van der Waals surface area contributed by atoms with E-state index in [1.807, 2.05) is 0 Å². The lowest BCUT2D eigenvalue weighted by atomic mass is 10.3. The lowest BCUT2D eigenvalue weighted by Crippen LogP contribution is -2.19. The van der Waals surface area contributed by atoms with Crippen molar-refractivity contribution in [1.29, 1.82) is 0 Å². The van der Waals surface area contributed by atoms with E-state index in [2.05, 4.69) is 10.1 Å². The third kappa shape index (κ3) is 1.35. The highest BCUT2D eigenvalue weighted by Gasteiger charge is 2.45. The van der Waals surface area contributed by atoms with Crippen molar-refractivity contribution in [2.75, 3.05) is 0 Å². The Morgan fingerprint density at radius 2 is 2.23 bits per heavy atom. The maximum atomic E-state index is 5.93. The molecule has 3 rings (SSSR count). The fourth-order valence-corrected chi connectivity index (χ4v) is 1.47. The number of hydrogen-bond acceptors (Lipinski definition) is 4. The zero-order valence-corrected chi connectivity index (χ0v) is 7.49. The molecule has 1 aromatic rings. The second kappa shape index (κ2) is 2.32. The Kier molecular flexibility index (Phi) is 1.34. The Morgan fingerprint density at radius 3 is 2.85 bits per heavy atom. The second-order valence-corrected chi connectivity index (χ2v) is 4.32. The van der Waals surface area contributed by atoms with Gasteiger partial charge in [-0.3, -0.25) is 0 Å². The quantitative estimate of drug-likeness (QED) is 0.750. The minimum Gasteiger partial charge on any atom is -0.337 e. The normalized spacial score (nSPS) is 24.7. The van der Waals surface area contributed by atoms with Crippen LogP contribution in [0.1, 0.15) is 37.4 Å². The molecule has 0 amide bonds. The summed E-state index contributed by atoms with van der Waals surface area (Å²) >= 11 is 0. The second-order valence-electron chi connectivity index (χ2n) is 4.32. The van der Waals surface area contributed by atoms with Crippen molar-refractivity contribution in [2.24, 2.45) is 11.7 Å². The van der Waals surface area contributed by atoms with Crippen LogP contribution in [-0.2, 0) is 12.0 Å². The van der Waals surface area contributed by atoms with E-state index in [9.17, 15) is 0 Å². The van der Waals surface area contributed by atoms with Gasteiger partial charge in [0.2, 0.25) is 5.89 Å². The molecule has 0 saturated heterocycles. The van der Waals surface area contributed by atoms with Crippen molar-refractivity contribution < 1.29 is 4.52 Å². The molecule has 0 atom stereocenters. The molecule has 2 aliphatic rings. The molecule has 2 aliphatic carbocycles. The van der Waals surface area contributed by atoms with Crippen LogP contribution in [0.3, 0.4) is 0 Å². The molecule has 0 radical (unpaired) electrons. The topological polar surface area (TPSA) is 64.9 Å². The van der Waals surface area contributed by atoms with Crippen LogP contribution in [0, 0.1) is 5.92 Å². The fraction of sp³-hybridized carbons (Fsp3) is 0.778. The maximum Gasteiger partial charge on any atom is 0.246 e. The smallest absolute Gasteiger partial charge is 0.246 e. The summed E-state index contributed by atoms with van der Waals surface area (Å²) in [6.45, 7) is 0. The van der Waals surface area contributed by atoms with Gasteiger partial charge in [0.1, 0.15) is 0 Å². The number of rotatable bonds is 3. The molecule has 0 spiro atoms. The highest BCUT2D eigenvalue weighted by atomic mass is 16.5. The first-order chi connectivity index (χ1) is 6.26. The summed E-state index contributed by atoms with van der Waals surface area (Å²) in [4.78, 5) is 4.32. The van der Waals surface area contributed by atoms with Gasteiger partial charge in [-0.15, -0.1) is 0 Å². The zero-order chi connectivity index (χ0) is 8.89. The van der Waals surface area contributed by atoms with Gasteiger partial charge in [-0.1, -0.05) is 5.16 Å². The number of nitrogens with zero attached hydrogens (tertiary/aromatic N) is 2. The molecule has 13 heavy (non-hydrogen) atoms. The molecule has 0 unspecified atom stereocenters. The number of hydrogen-bond donors (Lipinski definition) is 1. The van der Waals surface area contributed by atoms with E-state index in [0.717, 1.165) is 31.0 Å². The summed E-state index contributed by atoms with van der Waals surface area (Å²) < 4.78 is 5.13. The van der Waals surface area contributed by atoms with Gasteiger partial charge in [-0.25, -0.2) is 0 Å². The third-order valence-electron chi connectivity index (χ3n) is 2.85. The summed E-state index contributed by atoms with van der Waals surface area (Å²) in [5.74, 6) is 2.29. The molecule has 2 saturated carbocycles. The standard InChI is InChI=1S/C9H13N3O/c10-9(3-4-9)8-11-7(12-13-8)5-6-1-2-6/h6H,1-5,10H2. The minimum atomic E-state index is -0.269. The molecule has 1 heterocycles. The van der Waals surface area contributed by atoms with Gasteiger partial charge < -0.3 is 10.3 Å². The van der Waals surface area contributed by atoms with Gasteiger partial charge in [0.05, 0.1) is 5.54 Å². The fourth-order valence-electron chi connectivity index (χ4n) is 1.47. The van der Waals surface area contributed by atoms with E-state index in [1.165, 1.54) is 12.8 Å². The largest absolute Gasteiger partial charge is 0.337 e. The van der Waals surface area contributed by atoms with Gasteiger partial charge in [0.15, 0.2) is 5.82 Å². The van der Waals surface area contributed by atoms with Crippen LogP contribution in [0.15, 0.2) is 4.52 Å². The van der Waals surface area contributed by atoms with Crippen molar-refractivity contribution in [2.45, 2.75) is 37.6 Å². The van der Waals surface area contributed by atoms with E-state index in [-0.39, 0.29) is 5.54 Å². The lowest BCUT2D eigenvalue weighted by Gasteiger charge is -1.97. The Morgan fingerprint density at radius 1 is 1.46 bits per heavy atom. The van der Waals surface area contributed by atoms with Crippen LogP contribution in [0.5, 0.6) is 0 Å². The van der Waals surface area contributed by atoms with Crippen molar-refractivity contribution in [3.05, 3.63) is 11.7 Å². The van der Waals surface area contributed by atoms with Crippen molar-refractivity contribution >= 4 is 0 Å². The summed E-state index contributed by atoms with van der Waals surface area (Å²) in [5.41, 5.74) is 5.66. The first-order valence-electron chi connectivity index (χ1n) is 4.88. The van der Waals surface area contributed by atoms with Crippen LogP contribution in [0.25, 0.3) is 0 Å². The van der Waals surface area contributed by atoms with Crippen LogP contribution in [0.4, 0.5) is 0 Å². The van der Waals surface area contributed by atoms with E-state index >= 15 is 0 Å². The predicted octanol–water partition coefficient (Wildman–Crippen LogP) is 0.970. The molecule has 2 fully saturated rings.